The number of amides is 1. The van der Waals surface area contributed by atoms with Gasteiger partial charge in [-0.05, 0) is 44.0 Å². The smallest absolute Gasteiger partial charge is 0.262 e. The maximum absolute atomic E-state index is 12.2. The summed E-state index contributed by atoms with van der Waals surface area (Å²) in [6, 6.07) is 9.29. The number of hydrogen-bond acceptors (Lipinski definition) is 4. The molecule has 1 aromatic carbocycles. The van der Waals surface area contributed by atoms with E-state index < -0.39 is 0 Å². The summed E-state index contributed by atoms with van der Waals surface area (Å²) < 4.78 is 5.11. The van der Waals surface area contributed by atoms with Crippen LogP contribution in [-0.2, 0) is 4.79 Å². The molecule has 2 rings (SSSR count). The molecule has 1 atom stereocenters. The molecule has 0 spiro atoms. The van der Waals surface area contributed by atoms with Crippen molar-refractivity contribution in [2.45, 2.75) is 33.2 Å². The average Bonchev–Trinajstić information content (AvgIpc) is 2.99. The van der Waals surface area contributed by atoms with Crippen molar-refractivity contribution in [2.24, 2.45) is 5.10 Å². The second-order valence-electron chi connectivity index (χ2n) is 5.17. The monoisotopic (exact) mass is 299 g/mol. The van der Waals surface area contributed by atoms with E-state index in [9.17, 15) is 4.79 Å². The van der Waals surface area contributed by atoms with Crippen LogP contribution >= 0.6 is 0 Å². The third-order valence-corrected chi connectivity index (χ3v) is 3.35. The molecule has 1 heterocycles. The van der Waals surface area contributed by atoms with Gasteiger partial charge in [0, 0.05) is 5.69 Å². The van der Waals surface area contributed by atoms with Crippen molar-refractivity contribution in [2.75, 3.05) is 5.32 Å². The Morgan fingerprint density at radius 1 is 1.36 bits per heavy atom. The molecule has 5 nitrogen and oxygen atoms in total. The van der Waals surface area contributed by atoms with Crippen LogP contribution in [0.25, 0.3) is 0 Å². The fourth-order valence-corrected chi connectivity index (χ4v) is 2.12. The van der Waals surface area contributed by atoms with Crippen LogP contribution in [0.2, 0.25) is 0 Å². The number of carbonyl (C=O) groups excluding carboxylic acids is 1. The van der Waals surface area contributed by atoms with E-state index in [1.54, 1.807) is 18.4 Å². The van der Waals surface area contributed by atoms with Crippen LogP contribution < -0.4 is 10.7 Å². The molecule has 0 radical (unpaired) electrons. The number of hydrogen-bond donors (Lipinski definition) is 2. The fraction of sp³-hybridized carbons (Fsp3) is 0.294. The third kappa shape index (κ3) is 4.22. The van der Waals surface area contributed by atoms with Crippen molar-refractivity contribution in [3.05, 3.63) is 53.5 Å². The largest absolute Gasteiger partial charge is 0.463 e. The molecule has 0 aliphatic heterocycles. The molecule has 0 saturated carbocycles. The van der Waals surface area contributed by atoms with E-state index >= 15 is 0 Å². The highest BCUT2D eigenvalue weighted by molar-refractivity contribution is 5.86. The van der Waals surface area contributed by atoms with E-state index in [-0.39, 0.29) is 11.9 Å². The van der Waals surface area contributed by atoms with Crippen molar-refractivity contribution in [3.63, 3.8) is 0 Å². The number of nitrogens with one attached hydrogen (secondary N) is 2. The van der Waals surface area contributed by atoms with Gasteiger partial charge in [-0.1, -0.05) is 24.6 Å². The summed E-state index contributed by atoms with van der Waals surface area (Å²) in [7, 11) is 0. The zero-order valence-corrected chi connectivity index (χ0v) is 13.1. The Bertz CT molecular complexity index is 648. The average molecular weight is 299 g/mol. The molecule has 1 unspecified atom stereocenters. The molecule has 1 amide bonds. The molecule has 0 fully saturated rings. The van der Waals surface area contributed by atoms with Gasteiger partial charge >= 0.3 is 0 Å². The Kier molecular flexibility index (Phi) is 5.36. The second kappa shape index (κ2) is 7.45. The molecule has 116 valence electrons. The number of nitrogens with zero attached hydrogens (tertiary/aromatic N) is 1. The lowest BCUT2D eigenvalue weighted by Gasteiger charge is -2.18. The molecular formula is C17H21N3O2. The summed E-state index contributed by atoms with van der Waals surface area (Å²) in [5.74, 6) is 0.418. The van der Waals surface area contributed by atoms with Gasteiger partial charge in [0.1, 0.15) is 11.8 Å². The van der Waals surface area contributed by atoms with Gasteiger partial charge in [-0.15, -0.1) is 0 Å². The fourth-order valence-electron chi connectivity index (χ4n) is 2.12. The molecule has 0 bridgehead atoms. The van der Waals surface area contributed by atoms with Crippen molar-refractivity contribution in [3.8, 4) is 0 Å². The second-order valence-corrected chi connectivity index (χ2v) is 5.17. The maximum Gasteiger partial charge on any atom is 0.262 e. The highest BCUT2D eigenvalue weighted by atomic mass is 16.3. The summed E-state index contributed by atoms with van der Waals surface area (Å²) in [6.07, 6.45) is 3.69. The Balaban J connectivity index is 1.96. The molecule has 0 saturated heterocycles. The van der Waals surface area contributed by atoms with E-state index in [0.29, 0.717) is 12.2 Å². The molecule has 0 aliphatic carbocycles. The Labute approximate surface area is 130 Å². The number of aryl methyl sites for hydroxylation is 2. The Morgan fingerprint density at radius 2 is 2.18 bits per heavy atom. The van der Waals surface area contributed by atoms with E-state index in [1.807, 2.05) is 32.9 Å². The third-order valence-electron chi connectivity index (χ3n) is 3.35. The number of furan rings is 1. The minimum absolute atomic E-state index is 0.176. The summed E-state index contributed by atoms with van der Waals surface area (Å²) in [4.78, 5) is 12.2. The highest BCUT2D eigenvalue weighted by Gasteiger charge is 2.16. The first-order chi connectivity index (χ1) is 10.6. The number of hydrazone groups is 1. The van der Waals surface area contributed by atoms with E-state index in [4.69, 9.17) is 4.42 Å². The molecule has 5 heteroatoms. The van der Waals surface area contributed by atoms with Gasteiger partial charge in [0.2, 0.25) is 0 Å². The minimum atomic E-state index is -0.338. The summed E-state index contributed by atoms with van der Waals surface area (Å²) in [6.45, 7) is 6.02. The van der Waals surface area contributed by atoms with Gasteiger partial charge in [-0.2, -0.15) is 5.10 Å². The predicted octanol–water partition coefficient (Wildman–Crippen LogP) is 3.24. The first-order valence-electron chi connectivity index (χ1n) is 7.30. The van der Waals surface area contributed by atoms with Crippen molar-refractivity contribution >= 4 is 17.8 Å². The Hall–Kier alpha value is -2.56. The van der Waals surface area contributed by atoms with Crippen molar-refractivity contribution < 1.29 is 9.21 Å². The van der Waals surface area contributed by atoms with Crippen LogP contribution in [0.15, 0.2) is 46.1 Å². The van der Waals surface area contributed by atoms with Crippen LogP contribution in [0, 0.1) is 13.8 Å². The molecule has 0 aliphatic rings. The quantitative estimate of drug-likeness (QED) is 0.635. The van der Waals surface area contributed by atoms with Crippen molar-refractivity contribution in [1.29, 1.82) is 0 Å². The first kappa shape index (κ1) is 15.8. The van der Waals surface area contributed by atoms with Gasteiger partial charge in [0.25, 0.3) is 5.91 Å². The molecule has 1 aromatic heterocycles. The van der Waals surface area contributed by atoms with Gasteiger partial charge in [-0.3, -0.25) is 4.79 Å². The van der Waals surface area contributed by atoms with E-state index in [2.05, 4.69) is 21.9 Å². The van der Waals surface area contributed by atoms with Crippen molar-refractivity contribution in [1.82, 2.24) is 5.43 Å². The number of rotatable bonds is 6. The molecule has 22 heavy (non-hydrogen) atoms. The molecular weight excluding hydrogens is 278 g/mol. The summed E-state index contributed by atoms with van der Waals surface area (Å²) in [5, 5.41) is 7.16. The SMILES string of the molecule is CCC(Nc1ccc(C)cc1C)C(=O)N/N=C\c1ccco1. The van der Waals surface area contributed by atoms with E-state index in [1.165, 1.54) is 11.8 Å². The maximum atomic E-state index is 12.2. The topological polar surface area (TPSA) is 66.6 Å². The highest BCUT2D eigenvalue weighted by Crippen LogP contribution is 2.17. The van der Waals surface area contributed by atoms with Gasteiger partial charge < -0.3 is 9.73 Å². The minimum Gasteiger partial charge on any atom is -0.463 e. The lowest BCUT2D eigenvalue weighted by Crippen LogP contribution is -2.37. The van der Waals surface area contributed by atoms with Gasteiger partial charge in [-0.25, -0.2) is 5.43 Å². The predicted molar refractivity (Wildman–Crippen MR) is 88.1 cm³/mol. The van der Waals surface area contributed by atoms with Gasteiger partial charge in [0.15, 0.2) is 0 Å². The Morgan fingerprint density at radius 3 is 2.82 bits per heavy atom. The van der Waals surface area contributed by atoms with Crippen LogP contribution in [0.4, 0.5) is 5.69 Å². The summed E-state index contributed by atoms with van der Waals surface area (Å²) >= 11 is 0. The summed E-state index contributed by atoms with van der Waals surface area (Å²) in [5.41, 5.74) is 5.81. The normalized spacial score (nSPS) is 12.3. The van der Waals surface area contributed by atoms with Crippen LogP contribution in [0.1, 0.15) is 30.2 Å². The van der Waals surface area contributed by atoms with E-state index in [0.717, 1.165) is 11.3 Å². The zero-order valence-electron chi connectivity index (χ0n) is 13.1. The first-order valence-corrected chi connectivity index (χ1v) is 7.30. The standard InChI is InChI=1S/C17H21N3O2/c1-4-15(19-16-8-7-12(2)10-13(16)3)17(21)20-18-11-14-6-5-9-22-14/h5-11,15,19H,4H2,1-3H3,(H,20,21)/b18-11-. The van der Waals surface area contributed by atoms with Crippen LogP contribution in [0.3, 0.4) is 0 Å². The lowest BCUT2D eigenvalue weighted by molar-refractivity contribution is -0.121. The van der Waals surface area contributed by atoms with Gasteiger partial charge in [0.05, 0.1) is 12.5 Å². The number of anilines is 1. The lowest BCUT2D eigenvalue weighted by atomic mass is 10.1. The number of benzene rings is 1. The molecule has 2 N–H and O–H groups in total. The number of carbonyl (C=O) groups is 1. The zero-order chi connectivity index (χ0) is 15.9. The van der Waals surface area contributed by atoms with Crippen LogP contribution in [0.5, 0.6) is 0 Å². The molecule has 2 aromatic rings. The van der Waals surface area contributed by atoms with Crippen LogP contribution in [-0.4, -0.2) is 18.2 Å².